The van der Waals surface area contributed by atoms with Crippen LogP contribution in [0.25, 0.3) is 0 Å². The number of ketones is 1. The molecule has 0 spiro atoms. The summed E-state index contributed by atoms with van der Waals surface area (Å²) in [6, 6.07) is 6.23. The summed E-state index contributed by atoms with van der Waals surface area (Å²) in [5.41, 5.74) is 0. The summed E-state index contributed by atoms with van der Waals surface area (Å²) in [5.74, 6) is 0.610. The zero-order chi connectivity index (χ0) is 19.9. The lowest BCUT2D eigenvalue weighted by atomic mass is 10.2. The Morgan fingerprint density at radius 2 is 2.11 bits per heavy atom. The number of nitrogens with zero attached hydrogens (tertiary/aromatic N) is 3. The maximum atomic E-state index is 13.8. The molecular weight excluding hydrogens is 381 g/mol. The summed E-state index contributed by atoms with van der Waals surface area (Å²) in [4.78, 5) is 12.4. The molecule has 1 fully saturated rings. The van der Waals surface area contributed by atoms with Gasteiger partial charge in [-0.2, -0.15) is 0 Å². The van der Waals surface area contributed by atoms with E-state index < -0.39 is 5.82 Å². The molecule has 0 aliphatic heterocycles. The zero-order valence-corrected chi connectivity index (χ0v) is 17.1. The second kappa shape index (κ2) is 10.0. The van der Waals surface area contributed by atoms with Crippen LogP contribution in [0.4, 0.5) is 4.39 Å². The first-order valence-electron chi connectivity index (χ1n) is 9.59. The number of carbonyl (C=O) groups is 1. The number of thioether (sulfide) groups is 1. The van der Waals surface area contributed by atoms with Gasteiger partial charge < -0.3 is 9.47 Å². The van der Waals surface area contributed by atoms with Crippen molar-refractivity contribution >= 4 is 17.5 Å². The van der Waals surface area contributed by atoms with Crippen LogP contribution in [0.2, 0.25) is 0 Å². The Hall–Kier alpha value is -1.93. The molecule has 0 amide bonds. The molecule has 2 aromatic rings. The molecule has 1 aliphatic carbocycles. The average Bonchev–Trinajstić information content (AvgIpc) is 2.97. The largest absolute Gasteiger partial charge is 0.483 e. The molecule has 1 saturated carbocycles. The van der Waals surface area contributed by atoms with Gasteiger partial charge in [-0.15, -0.1) is 10.2 Å². The Morgan fingerprint density at radius 1 is 1.29 bits per heavy atom. The first kappa shape index (κ1) is 20.8. The lowest BCUT2D eigenvalue weighted by molar-refractivity contribution is -0.118. The molecular formula is C20H26FN3O3S. The minimum absolute atomic E-state index is 0.0393. The number of hydrogen-bond donors (Lipinski definition) is 0. The monoisotopic (exact) mass is 407 g/mol. The standard InChI is InChI=1S/C20H26FN3O3S/c1-14(12-26-2)24-19(13-27-17-10-7-6-8-15(17)21)22-23-20(24)28-18-11-5-3-4-9-16(18)25/h6-8,10,14,18H,3-5,9,11-13H2,1-2H3/t14-,18+/m0/s1. The average molecular weight is 408 g/mol. The molecule has 0 saturated heterocycles. The van der Waals surface area contributed by atoms with Crippen molar-refractivity contribution in [1.29, 1.82) is 0 Å². The number of halogens is 1. The fourth-order valence-electron chi connectivity index (χ4n) is 3.33. The molecule has 1 aromatic heterocycles. The van der Waals surface area contributed by atoms with Crippen molar-refractivity contribution < 1.29 is 18.7 Å². The van der Waals surface area contributed by atoms with E-state index in [1.807, 2.05) is 11.5 Å². The Labute approximate surface area is 168 Å². The van der Waals surface area contributed by atoms with Crippen molar-refractivity contribution in [2.45, 2.75) is 62.1 Å². The van der Waals surface area contributed by atoms with E-state index in [0.717, 1.165) is 25.7 Å². The number of aromatic nitrogens is 3. The highest BCUT2D eigenvalue weighted by Crippen LogP contribution is 2.32. The van der Waals surface area contributed by atoms with Gasteiger partial charge >= 0.3 is 0 Å². The number of Topliss-reactive ketones (excluding diaryl/α,β-unsaturated/α-hetero) is 1. The van der Waals surface area contributed by atoms with E-state index in [1.165, 1.54) is 17.8 Å². The van der Waals surface area contributed by atoms with Gasteiger partial charge in [-0.25, -0.2) is 4.39 Å². The molecule has 6 nitrogen and oxygen atoms in total. The van der Waals surface area contributed by atoms with Gasteiger partial charge in [0.15, 0.2) is 22.5 Å². The van der Waals surface area contributed by atoms with Gasteiger partial charge in [0.05, 0.1) is 17.9 Å². The van der Waals surface area contributed by atoms with Crippen molar-refractivity contribution in [3.8, 4) is 5.75 Å². The molecule has 152 valence electrons. The van der Waals surface area contributed by atoms with Crippen LogP contribution < -0.4 is 4.74 Å². The number of ether oxygens (including phenoxy) is 2. The van der Waals surface area contributed by atoms with Crippen molar-refractivity contribution in [1.82, 2.24) is 14.8 Å². The quantitative estimate of drug-likeness (QED) is 0.611. The lowest BCUT2D eigenvalue weighted by Gasteiger charge is -2.19. The van der Waals surface area contributed by atoms with Gasteiger partial charge in [0.1, 0.15) is 12.4 Å². The van der Waals surface area contributed by atoms with Crippen molar-refractivity contribution in [2.24, 2.45) is 0 Å². The van der Waals surface area contributed by atoms with E-state index in [-0.39, 0.29) is 29.4 Å². The first-order chi connectivity index (χ1) is 13.6. The predicted octanol–water partition coefficient (Wildman–Crippen LogP) is 4.20. The Kier molecular flexibility index (Phi) is 7.44. The summed E-state index contributed by atoms with van der Waals surface area (Å²) in [5, 5.41) is 9.14. The summed E-state index contributed by atoms with van der Waals surface area (Å²) >= 11 is 1.47. The first-order valence-corrected chi connectivity index (χ1v) is 10.5. The fourth-order valence-corrected chi connectivity index (χ4v) is 4.60. The normalized spacial score (nSPS) is 18.7. The Balaban J connectivity index is 1.80. The maximum Gasteiger partial charge on any atom is 0.192 e. The fraction of sp³-hybridized carbons (Fsp3) is 0.550. The van der Waals surface area contributed by atoms with E-state index in [2.05, 4.69) is 10.2 Å². The minimum Gasteiger partial charge on any atom is -0.483 e. The number of methoxy groups -OCH3 is 1. The summed E-state index contributed by atoms with van der Waals surface area (Å²) in [6.45, 7) is 2.55. The third-order valence-corrected chi connectivity index (χ3v) is 6.05. The highest BCUT2D eigenvalue weighted by molar-refractivity contribution is 8.00. The van der Waals surface area contributed by atoms with Crippen LogP contribution in [0.5, 0.6) is 5.75 Å². The molecule has 0 bridgehead atoms. The van der Waals surface area contributed by atoms with Crippen molar-refractivity contribution in [3.63, 3.8) is 0 Å². The van der Waals surface area contributed by atoms with Crippen LogP contribution in [-0.4, -0.2) is 39.5 Å². The van der Waals surface area contributed by atoms with E-state index in [9.17, 15) is 9.18 Å². The van der Waals surface area contributed by atoms with Crippen LogP contribution >= 0.6 is 11.8 Å². The molecule has 1 heterocycles. The minimum atomic E-state index is -0.419. The van der Waals surface area contributed by atoms with Crippen molar-refractivity contribution in [2.75, 3.05) is 13.7 Å². The van der Waals surface area contributed by atoms with E-state index in [1.54, 1.807) is 25.3 Å². The van der Waals surface area contributed by atoms with Gasteiger partial charge in [-0.05, 0) is 31.9 Å². The second-order valence-electron chi connectivity index (χ2n) is 6.96. The number of rotatable bonds is 8. The van der Waals surface area contributed by atoms with Crippen LogP contribution in [0.15, 0.2) is 29.4 Å². The van der Waals surface area contributed by atoms with Crippen molar-refractivity contribution in [3.05, 3.63) is 35.9 Å². The van der Waals surface area contributed by atoms with Gasteiger partial charge in [0, 0.05) is 13.5 Å². The third-order valence-electron chi connectivity index (χ3n) is 4.77. The van der Waals surface area contributed by atoms with Gasteiger partial charge in [-0.3, -0.25) is 9.36 Å². The molecule has 0 N–H and O–H groups in total. The lowest BCUT2D eigenvalue weighted by Crippen LogP contribution is -2.20. The molecule has 8 heteroatoms. The number of hydrogen-bond acceptors (Lipinski definition) is 6. The van der Waals surface area contributed by atoms with Crippen LogP contribution in [0.3, 0.4) is 0 Å². The smallest absolute Gasteiger partial charge is 0.192 e. The van der Waals surface area contributed by atoms with E-state index in [4.69, 9.17) is 9.47 Å². The molecule has 3 rings (SSSR count). The SMILES string of the molecule is COC[C@H](C)n1c(COc2ccccc2F)nnc1S[C@@H]1CCCCCC1=O. The van der Waals surface area contributed by atoms with Gasteiger partial charge in [0.2, 0.25) is 0 Å². The summed E-state index contributed by atoms with van der Waals surface area (Å²) < 4.78 is 26.7. The summed E-state index contributed by atoms with van der Waals surface area (Å²) in [7, 11) is 1.64. The molecule has 28 heavy (non-hydrogen) atoms. The van der Waals surface area contributed by atoms with E-state index in [0.29, 0.717) is 24.0 Å². The second-order valence-corrected chi connectivity index (χ2v) is 8.13. The van der Waals surface area contributed by atoms with Gasteiger partial charge in [0.25, 0.3) is 0 Å². The maximum absolute atomic E-state index is 13.8. The Bertz CT molecular complexity index is 799. The van der Waals surface area contributed by atoms with Crippen LogP contribution in [0.1, 0.15) is 50.9 Å². The summed E-state index contributed by atoms with van der Waals surface area (Å²) in [6.07, 6.45) is 4.59. The molecule has 0 radical (unpaired) electrons. The number of benzene rings is 1. The van der Waals surface area contributed by atoms with Gasteiger partial charge in [-0.1, -0.05) is 36.7 Å². The van der Waals surface area contributed by atoms with Crippen LogP contribution in [0, 0.1) is 5.82 Å². The number of carbonyl (C=O) groups excluding carboxylic acids is 1. The van der Waals surface area contributed by atoms with E-state index >= 15 is 0 Å². The van der Waals surface area contributed by atoms with Crippen LogP contribution in [-0.2, 0) is 16.1 Å². The highest BCUT2D eigenvalue weighted by atomic mass is 32.2. The topological polar surface area (TPSA) is 66.2 Å². The Morgan fingerprint density at radius 3 is 2.89 bits per heavy atom. The predicted molar refractivity (Wildman–Crippen MR) is 105 cm³/mol. The molecule has 2 atom stereocenters. The molecule has 1 aliphatic rings. The third kappa shape index (κ3) is 5.11. The molecule has 1 aromatic carbocycles. The zero-order valence-electron chi connectivity index (χ0n) is 16.3. The number of para-hydroxylation sites is 1. The highest BCUT2D eigenvalue weighted by Gasteiger charge is 2.26. The molecule has 0 unspecified atom stereocenters.